The molecule has 12 heavy (non-hydrogen) atoms. The zero-order valence-corrected chi connectivity index (χ0v) is 8.04. The molecule has 66 valence electrons. The van der Waals surface area contributed by atoms with E-state index >= 15 is 0 Å². The summed E-state index contributed by atoms with van der Waals surface area (Å²) in [5.74, 6) is 1.45. The number of likely N-dealkylation sites (tertiary alicyclic amines) is 1. The summed E-state index contributed by atoms with van der Waals surface area (Å²) in [6.07, 6.45) is 0. The summed E-state index contributed by atoms with van der Waals surface area (Å²) in [4.78, 5) is 2.31. The fourth-order valence-corrected chi connectivity index (χ4v) is 2.84. The van der Waals surface area contributed by atoms with Crippen LogP contribution >= 0.6 is 0 Å². The highest BCUT2D eigenvalue weighted by atomic mass is 15.2. The molecular weight excluding hydrogens is 148 g/mol. The van der Waals surface area contributed by atoms with Gasteiger partial charge < -0.3 is 0 Å². The van der Waals surface area contributed by atoms with E-state index in [4.69, 9.17) is 5.26 Å². The van der Waals surface area contributed by atoms with Crippen LogP contribution in [0.4, 0.5) is 0 Å². The molecule has 0 N–H and O–H groups in total. The first kappa shape index (κ1) is 8.07. The molecular formula is C10H16N2. The lowest BCUT2D eigenvalue weighted by Crippen LogP contribution is -2.34. The highest BCUT2D eigenvalue weighted by molar-refractivity contribution is 5.21. The van der Waals surface area contributed by atoms with Crippen molar-refractivity contribution in [2.24, 2.45) is 17.3 Å². The molecule has 0 radical (unpaired) electrons. The standard InChI is InChI=1S/C10H16N2/c1-4-12-6-7-9(8(12)5-11)10(7,2)3/h7-9H,4,6H2,1-3H3. The Morgan fingerprint density at radius 2 is 2.25 bits per heavy atom. The van der Waals surface area contributed by atoms with Gasteiger partial charge in [0.25, 0.3) is 0 Å². The molecule has 2 nitrogen and oxygen atoms in total. The second-order valence-electron chi connectivity index (χ2n) is 4.62. The van der Waals surface area contributed by atoms with Gasteiger partial charge in [-0.2, -0.15) is 5.26 Å². The minimum absolute atomic E-state index is 0.204. The van der Waals surface area contributed by atoms with Crippen molar-refractivity contribution < 1.29 is 0 Å². The van der Waals surface area contributed by atoms with Crippen molar-refractivity contribution in [2.45, 2.75) is 26.8 Å². The van der Waals surface area contributed by atoms with Crippen molar-refractivity contribution in [3.8, 4) is 6.07 Å². The van der Waals surface area contributed by atoms with Gasteiger partial charge in [0.2, 0.25) is 0 Å². The summed E-state index contributed by atoms with van der Waals surface area (Å²) in [5.41, 5.74) is 0.450. The van der Waals surface area contributed by atoms with E-state index in [0.29, 0.717) is 11.3 Å². The lowest BCUT2D eigenvalue weighted by molar-refractivity contribution is 0.228. The Kier molecular flexibility index (Phi) is 1.50. The van der Waals surface area contributed by atoms with Gasteiger partial charge in [0.05, 0.1) is 6.07 Å². The summed E-state index contributed by atoms with van der Waals surface area (Å²) in [6.45, 7) is 8.90. The molecule has 0 aromatic carbocycles. The highest BCUT2D eigenvalue weighted by Crippen LogP contribution is 2.64. The molecule has 2 heteroatoms. The maximum atomic E-state index is 9.01. The van der Waals surface area contributed by atoms with Crippen molar-refractivity contribution in [2.75, 3.05) is 13.1 Å². The topological polar surface area (TPSA) is 27.0 Å². The predicted octanol–water partition coefficient (Wildman–Crippen LogP) is 1.49. The van der Waals surface area contributed by atoms with Crippen LogP contribution in [0.2, 0.25) is 0 Å². The predicted molar refractivity (Wildman–Crippen MR) is 47.4 cm³/mol. The summed E-state index contributed by atoms with van der Waals surface area (Å²) >= 11 is 0. The highest BCUT2D eigenvalue weighted by Gasteiger charge is 2.66. The molecule has 1 saturated heterocycles. The van der Waals surface area contributed by atoms with Crippen molar-refractivity contribution in [3.05, 3.63) is 0 Å². The van der Waals surface area contributed by atoms with Crippen molar-refractivity contribution in [3.63, 3.8) is 0 Å². The minimum atomic E-state index is 0.204. The second kappa shape index (κ2) is 2.23. The van der Waals surface area contributed by atoms with Gasteiger partial charge in [-0.1, -0.05) is 20.8 Å². The maximum Gasteiger partial charge on any atom is 0.101 e. The molecule has 1 saturated carbocycles. The fourth-order valence-electron chi connectivity index (χ4n) is 2.84. The van der Waals surface area contributed by atoms with Crippen LogP contribution in [0.5, 0.6) is 0 Å². The Morgan fingerprint density at radius 1 is 1.58 bits per heavy atom. The molecule has 1 heterocycles. The lowest BCUT2D eigenvalue weighted by Gasteiger charge is -2.24. The second-order valence-corrected chi connectivity index (χ2v) is 4.62. The van der Waals surface area contributed by atoms with Crippen LogP contribution in [-0.4, -0.2) is 24.0 Å². The molecule has 1 aliphatic heterocycles. The summed E-state index contributed by atoms with van der Waals surface area (Å²) in [7, 11) is 0. The van der Waals surface area contributed by atoms with Gasteiger partial charge in [0.15, 0.2) is 0 Å². The van der Waals surface area contributed by atoms with Crippen molar-refractivity contribution in [1.82, 2.24) is 4.90 Å². The van der Waals surface area contributed by atoms with Crippen molar-refractivity contribution >= 4 is 0 Å². The molecule has 3 unspecified atom stereocenters. The van der Waals surface area contributed by atoms with Gasteiger partial charge in [0, 0.05) is 6.54 Å². The van der Waals surface area contributed by atoms with Gasteiger partial charge in [-0.15, -0.1) is 0 Å². The van der Waals surface area contributed by atoms with E-state index in [0.717, 1.165) is 19.0 Å². The quantitative estimate of drug-likeness (QED) is 0.587. The minimum Gasteiger partial charge on any atom is -0.288 e. The van der Waals surface area contributed by atoms with E-state index in [2.05, 4.69) is 31.7 Å². The smallest absolute Gasteiger partial charge is 0.101 e. The first-order valence-corrected chi connectivity index (χ1v) is 4.76. The van der Waals surface area contributed by atoms with Crippen molar-refractivity contribution in [1.29, 1.82) is 5.26 Å². The largest absolute Gasteiger partial charge is 0.288 e. The normalized spacial score (nSPS) is 43.7. The Morgan fingerprint density at radius 3 is 2.75 bits per heavy atom. The molecule has 0 aromatic heterocycles. The molecule has 0 aromatic rings. The Bertz CT molecular complexity index is 239. The maximum absolute atomic E-state index is 9.01. The van der Waals surface area contributed by atoms with Crippen LogP contribution in [0.15, 0.2) is 0 Å². The third kappa shape index (κ3) is 0.778. The van der Waals surface area contributed by atoms with Gasteiger partial charge in [-0.25, -0.2) is 0 Å². The number of piperidine rings is 1. The zero-order chi connectivity index (χ0) is 8.93. The molecule has 3 atom stereocenters. The third-order valence-electron chi connectivity index (χ3n) is 3.84. The number of hydrogen-bond acceptors (Lipinski definition) is 2. The monoisotopic (exact) mass is 164 g/mol. The molecule has 2 aliphatic rings. The molecule has 0 bridgehead atoms. The van der Waals surface area contributed by atoms with E-state index in [1.807, 2.05) is 0 Å². The van der Waals surface area contributed by atoms with E-state index in [9.17, 15) is 0 Å². The summed E-state index contributed by atoms with van der Waals surface area (Å²) in [5, 5.41) is 9.01. The fraction of sp³-hybridized carbons (Fsp3) is 0.900. The Labute approximate surface area is 74.2 Å². The van der Waals surface area contributed by atoms with Crippen LogP contribution in [0.25, 0.3) is 0 Å². The number of nitrogens with zero attached hydrogens (tertiary/aromatic N) is 2. The average molecular weight is 164 g/mol. The van der Waals surface area contributed by atoms with E-state index < -0.39 is 0 Å². The number of nitriles is 1. The first-order valence-electron chi connectivity index (χ1n) is 4.76. The molecule has 2 fully saturated rings. The van der Waals surface area contributed by atoms with E-state index in [1.165, 1.54) is 0 Å². The lowest BCUT2D eigenvalue weighted by atomic mass is 10.0. The van der Waals surface area contributed by atoms with Gasteiger partial charge in [-0.05, 0) is 23.8 Å². The van der Waals surface area contributed by atoms with Crippen LogP contribution in [0.1, 0.15) is 20.8 Å². The van der Waals surface area contributed by atoms with Crippen LogP contribution in [-0.2, 0) is 0 Å². The summed E-state index contributed by atoms with van der Waals surface area (Å²) < 4.78 is 0. The molecule has 1 aliphatic carbocycles. The number of rotatable bonds is 1. The van der Waals surface area contributed by atoms with Gasteiger partial charge in [-0.3, -0.25) is 4.90 Å². The first-order chi connectivity index (χ1) is 5.62. The Balaban J connectivity index is 2.14. The van der Waals surface area contributed by atoms with E-state index in [1.54, 1.807) is 0 Å². The SMILES string of the molecule is CCN1CC2C(C1C#N)C2(C)C. The zero-order valence-electron chi connectivity index (χ0n) is 8.04. The number of hydrogen-bond donors (Lipinski definition) is 0. The van der Waals surface area contributed by atoms with E-state index in [-0.39, 0.29) is 6.04 Å². The molecule has 2 rings (SSSR count). The van der Waals surface area contributed by atoms with Crippen LogP contribution < -0.4 is 0 Å². The summed E-state index contributed by atoms with van der Waals surface area (Å²) in [6, 6.07) is 2.64. The third-order valence-corrected chi connectivity index (χ3v) is 3.84. The molecule has 0 spiro atoms. The van der Waals surface area contributed by atoms with Crippen LogP contribution in [0, 0.1) is 28.6 Å². The van der Waals surface area contributed by atoms with Gasteiger partial charge in [0.1, 0.15) is 6.04 Å². The Hall–Kier alpha value is -0.550. The molecule has 0 amide bonds. The van der Waals surface area contributed by atoms with Gasteiger partial charge >= 0.3 is 0 Å². The van der Waals surface area contributed by atoms with Crippen LogP contribution in [0.3, 0.4) is 0 Å². The average Bonchev–Trinajstić information content (AvgIpc) is 2.50. The number of fused-ring (bicyclic) bond motifs is 1.